The van der Waals surface area contributed by atoms with E-state index >= 15 is 0 Å². The molecule has 0 atom stereocenters. The summed E-state index contributed by atoms with van der Waals surface area (Å²) < 4.78 is 10.5. The molecule has 1 aliphatic rings. The van der Waals surface area contributed by atoms with Crippen LogP contribution in [0.1, 0.15) is 38.2 Å². The Hall–Kier alpha value is -1.51. The number of Topliss-reactive ketones (excluding diaryl/α,β-unsaturated/α-hetero) is 1. The van der Waals surface area contributed by atoms with Crippen molar-refractivity contribution >= 4 is 5.78 Å². The zero-order valence-electron chi connectivity index (χ0n) is 12.6. The van der Waals surface area contributed by atoms with Crippen molar-refractivity contribution in [1.82, 2.24) is 0 Å². The molecule has 110 valence electrons. The highest BCUT2D eigenvalue weighted by atomic mass is 16.5. The summed E-state index contributed by atoms with van der Waals surface area (Å²) in [6.45, 7) is 2.27. The molecule has 1 aromatic carbocycles. The minimum Gasteiger partial charge on any atom is -0.493 e. The Kier molecular flexibility index (Phi) is 5.05. The van der Waals surface area contributed by atoms with E-state index in [0.717, 1.165) is 24.3 Å². The maximum Gasteiger partial charge on any atom is 0.161 e. The fourth-order valence-electron chi connectivity index (χ4n) is 2.92. The van der Waals surface area contributed by atoms with Crippen LogP contribution in [0.3, 0.4) is 0 Å². The molecular weight excluding hydrogens is 252 g/mol. The maximum atomic E-state index is 12.4. The van der Waals surface area contributed by atoms with Crippen LogP contribution in [0.5, 0.6) is 11.5 Å². The number of hydrogen-bond acceptors (Lipinski definition) is 3. The summed E-state index contributed by atoms with van der Waals surface area (Å²) in [6.07, 6.45) is 4.96. The number of methoxy groups -OCH3 is 2. The minimum atomic E-state index is 0.249. The van der Waals surface area contributed by atoms with Crippen LogP contribution in [0.2, 0.25) is 0 Å². The van der Waals surface area contributed by atoms with Crippen molar-refractivity contribution in [3.05, 3.63) is 23.8 Å². The third-order valence-corrected chi connectivity index (χ3v) is 4.30. The van der Waals surface area contributed by atoms with Gasteiger partial charge in [-0.1, -0.05) is 25.8 Å². The Morgan fingerprint density at radius 2 is 1.75 bits per heavy atom. The molecule has 0 aliphatic heterocycles. The average molecular weight is 276 g/mol. The quantitative estimate of drug-likeness (QED) is 0.823. The largest absolute Gasteiger partial charge is 0.493 e. The second-order valence-corrected chi connectivity index (χ2v) is 5.79. The molecule has 0 amide bonds. The third-order valence-electron chi connectivity index (χ3n) is 4.30. The second-order valence-electron chi connectivity index (χ2n) is 5.79. The molecule has 0 bridgehead atoms. The fraction of sp³-hybridized carbons (Fsp3) is 0.588. The van der Waals surface area contributed by atoms with Crippen LogP contribution in [0, 0.1) is 11.8 Å². The number of carbonyl (C=O) groups excluding carboxylic acids is 1. The van der Waals surface area contributed by atoms with Gasteiger partial charge in [0.2, 0.25) is 0 Å². The Morgan fingerprint density at radius 1 is 1.10 bits per heavy atom. The summed E-state index contributed by atoms with van der Waals surface area (Å²) in [4.78, 5) is 12.4. The summed E-state index contributed by atoms with van der Waals surface area (Å²) in [5.74, 6) is 2.79. The van der Waals surface area contributed by atoms with Gasteiger partial charge < -0.3 is 9.47 Å². The number of carbonyl (C=O) groups is 1. The summed E-state index contributed by atoms with van der Waals surface area (Å²) in [5.41, 5.74) is 1.01. The van der Waals surface area contributed by atoms with E-state index in [4.69, 9.17) is 9.47 Å². The van der Waals surface area contributed by atoms with Crippen LogP contribution in [0.4, 0.5) is 0 Å². The molecule has 1 fully saturated rings. The molecule has 20 heavy (non-hydrogen) atoms. The predicted octanol–water partition coefficient (Wildman–Crippen LogP) is 3.64. The summed E-state index contributed by atoms with van der Waals surface area (Å²) >= 11 is 0. The molecule has 0 heterocycles. The van der Waals surface area contributed by atoms with E-state index in [1.165, 1.54) is 12.8 Å². The number of rotatable bonds is 5. The van der Waals surface area contributed by atoms with Crippen molar-refractivity contribution in [2.75, 3.05) is 14.2 Å². The number of ketones is 1. The van der Waals surface area contributed by atoms with Crippen molar-refractivity contribution in [1.29, 1.82) is 0 Å². The van der Waals surface area contributed by atoms with Crippen molar-refractivity contribution in [2.24, 2.45) is 11.8 Å². The molecule has 3 heteroatoms. The topological polar surface area (TPSA) is 35.5 Å². The summed E-state index contributed by atoms with van der Waals surface area (Å²) in [6, 6.07) is 5.72. The van der Waals surface area contributed by atoms with Crippen molar-refractivity contribution in [2.45, 2.75) is 39.0 Å². The van der Waals surface area contributed by atoms with Crippen LogP contribution < -0.4 is 9.47 Å². The SMILES string of the molecule is COc1ccc(CC(=O)C2CCC(C)CC2)cc1OC. The van der Waals surface area contributed by atoms with Gasteiger partial charge in [0.15, 0.2) is 11.5 Å². The lowest BCUT2D eigenvalue weighted by Crippen LogP contribution is -2.22. The van der Waals surface area contributed by atoms with Gasteiger partial charge in [0, 0.05) is 12.3 Å². The van der Waals surface area contributed by atoms with Crippen LogP contribution in [-0.4, -0.2) is 20.0 Å². The Balaban J connectivity index is 2.00. The number of ether oxygens (including phenoxy) is 2. The van der Waals surface area contributed by atoms with Gasteiger partial charge in [0.1, 0.15) is 5.78 Å². The summed E-state index contributed by atoms with van der Waals surface area (Å²) in [7, 11) is 3.23. The highest BCUT2D eigenvalue weighted by Gasteiger charge is 2.24. The highest BCUT2D eigenvalue weighted by molar-refractivity contribution is 5.83. The molecule has 0 N–H and O–H groups in total. The van der Waals surface area contributed by atoms with E-state index in [1.807, 2.05) is 18.2 Å². The maximum absolute atomic E-state index is 12.4. The first kappa shape index (κ1) is 14.9. The Morgan fingerprint density at radius 3 is 2.35 bits per heavy atom. The Bertz CT molecular complexity index is 459. The van der Waals surface area contributed by atoms with E-state index in [-0.39, 0.29) is 5.92 Å². The first-order valence-corrected chi connectivity index (χ1v) is 7.37. The normalized spacial score (nSPS) is 22.4. The standard InChI is InChI=1S/C17H24O3/c1-12-4-7-14(8-5-12)15(18)10-13-6-9-16(19-2)17(11-13)20-3/h6,9,11-12,14H,4-5,7-8,10H2,1-3H3. The van der Waals surface area contributed by atoms with E-state index in [1.54, 1.807) is 14.2 Å². The Labute approximate surface area is 121 Å². The van der Waals surface area contributed by atoms with Gasteiger partial charge in [0.05, 0.1) is 14.2 Å². The predicted molar refractivity (Wildman–Crippen MR) is 79.4 cm³/mol. The highest BCUT2D eigenvalue weighted by Crippen LogP contribution is 2.31. The molecule has 0 radical (unpaired) electrons. The van der Waals surface area contributed by atoms with Gasteiger partial charge in [0.25, 0.3) is 0 Å². The molecule has 0 unspecified atom stereocenters. The zero-order valence-corrected chi connectivity index (χ0v) is 12.6. The monoisotopic (exact) mass is 276 g/mol. The van der Waals surface area contributed by atoms with Crippen LogP contribution in [-0.2, 0) is 11.2 Å². The van der Waals surface area contributed by atoms with Crippen LogP contribution >= 0.6 is 0 Å². The first-order valence-electron chi connectivity index (χ1n) is 7.37. The van der Waals surface area contributed by atoms with E-state index < -0.39 is 0 Å². The second kappa shape index (κ2) is 6.78. The summed E-state index contributed by atoms with van der Waals surface area (Å²) in [5, 5.41) is 0. The zero-order chi connectivity index (χ0) is 14.5. The number of hydrogen-bond donors (Lipinski definition) is 0. The lowest BCUT2D eigenvalue weighted by molar-refractivity contribution is -0.123. The molecular formula is C17H24O3. The van der Waals surface area contributed by atoms with Gasteiger partial charge in [-0.2, -0.15) is 0 Å². The molecule has 1 aromatic rings. The smallest absolute Gasteiger partial charge is 0.161 e. The number of benzene rings is 1. The van der Waals surface area contributed by atoms with Crippen molar-refractivity contribution in [3.8, 4) is 11.5 Å². The fourth-order valence-corrected chi connectivity index (χ4v) is 2.92. The van der Waals surface area contributed by atoms with E-state index in [2.05, 4.69) is 6.92 Å². The molecule has 1 saturated carbocycles. The van der Waals surface area contributed by atoms with Crippen LogP contribution in [0.25, 0.3) is 0 Å². The van der Waals surface area contributed by atoms with Gasteiger partial charge in [-0.05, 0) is 36.5 Å². The first-order chi connectivity index (χ1) is 9.63. The van der Waals surface area contributed by atoms with E-state index in [0.29, 0.717) is 23.7 Å². The van der Waals surface area contributed by atoms with E-state index in [9.17, 15) is 4.79 Å². The van der Waals surface area contributed by atoms with Crippen molar-refractivity contribution in [3.63, 3.8) is 0 Å². The molecule has 1 aliphatic carbocycles. The lowest BCUT2D eigenvalue weighted by Gasteiger charge is -2.25. The third kappa shape index (κ3) is 3.53. The van der Waals surface area contributed by atoms with Gasteiger partial charge >= 0.3 is 0 Å². The van der Waals surface area contributed by atoms with Crippen LogP contribution in [0.15, 0.2) is 18.2 Å². The minimum absolute atomic E-state index is 0.249. The molecule has 2 rings (SSSR count). The molecule has 0 spiro atoms. The average Bonchev–Trinajstić information content (AvgIpc) is 2.47. The van der Waals surface area contributed by atoms with Gasteiger partial charge in [-0.15, -0.1) is 0 Å². The molecule has 3 nitrogen and oxygen atoms in total. The van der Waals surface area contributed by atoms with Gasteiger partial charge in [-0.3, -0.25) is 4.79 Å². The lowest BCUT2D eigenvalue weighted by atomic mass is 9.79. The van der Waals surface area contributed by atoms with Crippen molar-refractivity contribution < 1.29 is 14.3 Å². The molecule has 0 aromatic heterocycles. The molecule has 0 saturated heterocycles. The van der Waals surface area contributed by atoms with Gasteiger partial charge in [-0.25, -0.2) is 0 Å².